The Balaban J connectivity index is 2.14. The van der Waals surface area contributed by atoms with E-state index in [4.69, 9.17) is 23.2 Å². The third kappa shape index (κ3) is 4.01. The molecule has 4 rings (SSSR count). The lowest BCUT2D eigenvalue weighted by atomic mass is 10.1. The molecule has 0 radical (unpaired) electrons. The Kier molecular flexibility index (Phi) is 6.29. The van der Waals surface area contributed by atoms with Gasteiger partial charge in [-0.15, -0.1) is 0 Å². The molecule has 4 aromatic carbocycles. The molecule has 6 nitrogen and oxygen atoms in total. The fourth-order valence-corrected chi connectivity index (χ4v) is 7.82. The summed E-state index contributed by atoms with van der Waals surface area (Å²) in [5.41, 5.74) is 1.22. The summed E-state index contributed by atoms with van der Waals surface area (Å²) in [6, 6.07) is 17.7. The van der Waals surface area contributed by atoms with Gasteiger partial charge >= 0.3 is 0 Å². The third-order valence-corrected chi connectivity index (χ3v) is 10.3. The summed E-state index contributed by atoms with van der Waals surface area (Å²) < 4.78 is 55.9. The van der Waals surface area contributed by atoms with Crippen molar-refractivity contribution in [3.05, 3.63) is 94.0 Å². The van der Waals surface area contributed by atoms with Crippen LogP contribution in [-0.4, -0.2) is 21.9 Å². The number of fused-ring (bicyclic) bond motifs is 1. The van der Waals surface area contributed by atoms with Crippen LogP contribution in [-0.2, 0) is 20.0 Å². The molecule has 10 heteroatoms. The van der Waals surface area contributed by atoms with Crippen molar-refractivity contribution in [3.8, 4) is 5.75 Å². The zero-order chi connectivity index (χ0) is 24.8. The molecule has 0 spiro atoms. The number of nitrogens with zero attached hydrogens (tertiary/aromatic N) is 1. The molecule has 0 unspecified atom stereocenters. The number of benzene rings is 4. The van der Waals surface area contributed by atoms with Crippen LogP contribution in [0.4, 0.5) is 5.69 Å². The molecule has 0 amide bonds. The highest BCUT2D eigenvalue weighted by Crippen LogP contribution is 2.48. The van der Waals surface area contributed by atoms with Gasteiger partial charge in [0, 0.05) is 10.8 Å². The number of phenols is 1. The molecule has 0 aliphatic rings. The summed E-state index contributed by atoms with van der Waals surface area (Å²) in [7, 11) is -9.42. The molecule has 34 heavy (non-hydrogen) atoms. The van der Waals surface area contributed by atoms with Crippen LogP contribution >= 0.6 is 23.2 Å². The van der Waals surface area contributed by atoms with Gasteiger partial charge in [-0.1, -0.05) is 82.9 Å². The summed E-state index contributed by atoms with van der Waals surface area (Å²) in [6.07, 6.45) is 0. The van der Waals surface area contributed by atoms with Crippen molar-refractivity contribution in [2.75, 3.05) is 3.71 Å². The van der Waals surface area contributed by atoms with Gasteiger partial charge in [0.2, 0.25) is 0 Å². The van der Waals surface area contributed by atoms with Crippen LogP contribution in [0.2, 0.25) is 10.0 Å². The maximum absolute atomic E-state index is 13.9. The quantitative estimate of drug-likeness (QED) is 0.335. The van der Waals surface area contributed by atoms with Crippen LogP contribution in [0.1, 0.15) is 11.1 Å². The van der Waals surface area contributed by atoms with E-state index in [-0.39, 0.29) is 37.0 Å². The molecule has 0 aliphatic carbocycles. The van der Waals surface area contributed by atoms with Crippen LogP contribution in [0, 0.1) is 13.8 Å². The number of sulfonamides is 2. The number of rotatable bonds is 5. The molecular weight excluding hydrogens is 517 g/mol. The molecule has 0 saturated carbocycles. The minimum Gasteiger partial charge on any atom is -0.506 e. The summed E-state index contributed by atoms with van der Waals surface area (Å²) in [4.78, 5) is -0.503. The van der Waals surface area contributed by atoms with Gasteiger partial charge < -0.3 is 5.11 Å². The molecule has 0 aromatic heterocycles. The molecule has 0 atom stereocenters. The second-order valence-electron chi connectivity index (χ2n) is 7.70. The van der Waals surface area contributed by atoms with Gasteiger partial charge in [0.15, 0.2) is 0 Å². The summed E-state index contributed by atoms with van der Waals surface area (Å²) in [6.45, 7) is 3.56. The van der Waals surface area contributed by atoms with Crippen LogP contribution in [0.3, 0.4) is 0 Å². The average molecular weight is 536 g/mol. The van der Waals surface area contributed by atoms with E-state index in [1.165, 1.54) is 36.4 Å². The van der Waals surface area contributed by atoms with Gasteiger partial charge in [-0.25, -0.2) is 16.8 Å². The lowest BCUT2D eigenvalue weighted by Gasteiger charge is -2.27. The van der Waals surface area contributed by atoms with E-state index in [0.717, 1.165) is 11.1 Å². The second-order valence-corrected chi connectivity index (χ2v) is 12.3. The molecule has 0 heterocycles. The van der Waals surface area contributed by atoms with Gasteiger partial charge in [0.05, 0.1) is 20.5 Å². The van der Waals surface area contributed by atoms with Crippen molar-refractivity contribution in [1.82, 2.24) is 0 Å². The number of anilines is 1. The number of phenolic OH excluding ortho intramolecular Hbond substituents is 1. The van der Waals surface area contributed by atoms with E-state index in [1.54, 1.807) is 50.2 Å². The number of aromatic hydroxyl groups is 1. The monoisotopic (exact) mass is 535 g/mol. The molecule has 0 aliphatic heterocycles. The Bertz CT molecular complexity index is 1540. The highest BCUT2D eigenvalue weighted by molar-refractivity contribution is 8.10. The van der Waals surface area contributed by atoms with Crippen molar-refractivity contribution >= 4 is 59.7 Å². The number of hydrogen-bond donors (Lipinski definition) is 1. The number of halogens is 2. The Labute approximate surface area is 208 Å². The van der Waals surface area contributed by atoms with E-state index in [0.29, 0.717) is 3.71 Å². The smallest absolute Gasteiger partial charge is 0.277 e. The van der Waals surface area contributed by atoms with Crippen molar-refractivity contribution in [2.24, 2.45) is 0 Å². The Morgan fingerprint density at radius 2 is 1.06 bits per heavy atom. The zero-order valence-corrected chi connectivity index (χ0v) is 21.2. The van der Waals surface area contributed by atoms with Crippen molar-refractivity contribution in [1.29, 1.82) is 0 Å². The summed E-state index contributed by atoms with van der Waals surface area (Å²) in [5.74, 6) is -0.383. The zero-order valence-electron chi connectivity index (χ0n) is 18.0. The fourth-order valence-electron chi connectivity index (χ4n) is 3.50. The summed E-state index contributed by atoms with van der Waals surface area (Å²) in [5, 5.41) is 9.98. The standard InChI is InChI=1S/C24H19Cl2NO5S2/c1-15-7-11-17(12-8-15)33(29,30)27(34(31,32)18-13-9-16(2)10-14-18)23-19-5-3-4-6-20(19)24(28)22(26)21(23)25/h3-14,28H,1-2H3. The molecular formula is C24H19Cl2NO5S2. The first-order valence-electron chi connectivity index (χ1n) is 9.99. The van der Waals surface area contributed by atoms with E-state index in [1.807, 2.05) is 0 Å². The van der Waals surface area contributed by atoms with Gasteiger partial charge in [0.1, 0.15) is 10.8 Å². The topological polar surface area (TPSA) is 91.8 Å². The van der Waals surface area contributed by atoms with Crippen LogP contribution in [0.15, 0.2) is 82.6 Å². The maximum atomic E-state index is 13.9. The van der Waals surface area contributed by atoms with Crippen LogP contribution < -0.4 is 3.71 Å². The van der Waals surface area contributed by atoms with Gasteiger partial charge in [-0.2, -0.15) is 3.71 Å². The number of aryl methyl sites for hydroxylation is 2. The Hall–Kier alpha value is -2.78. The van der Waals surface area contributed by atoms with Crippen molar-refractivity contribution in [2.45, 2.75) is 23.6 Å². The summed E-state index contributed by atoms with van der Waals surface area (Å²) >= 11 is 12.7. The first kappa shape index (κ1) is 24.3. The minimum atomic E-state index is -4.71. The lowest BCUT2D eigenvalue weighted by molar-refractivity contribution is 0.482. The maximum Gasteiger partial charge on any atom is 0.277 e. The Morgan fingerprint density at radius 3 is 1.50 bits per heavy atom. The largest absolute Gasteiger partial charge is 0.506 e. The van der Waals surface area contributed by atoms with Gasteiger partial charge in [0.25, 0.3) is 20.0 Å². The number of hydrogen-bond acceptors (Lipinski definition) is 5. The van der Waals surface area contributed by atoms with E-state index in [2.05, 4.69) is 0 Å². The molecule has 0 saturated heterocycles. The first-order valence-corrected chi connectivity index (χ1v) is 13.6. The first-order chi connectivity index (χ1) is 16.0. The Morgan fingerprint density at radius 1 is 0.647 bits per heavy atom. The average Bonchev–Trinajstić information content (AvgIpc) is 2.80. The van der Waals surface area contributed by atoms with Crippen molar-refractivity contribution in [3.63, 3.8) is 0 Å². The second kappa shape index (κ2) is 8.78. The van der Waals surface area contributed by atoms with E-state index < -0.39 is 25.1 Å². The predicted octanol–water partition coefficient (Wildman–Crippen LogP) is 6.05. The highest BCUT2D eigenvalue weighted by atomic mass is 35.5. The minimum absolute atomic E-state index is 0.0979. The third-order valence-electron chi connectivity index (χ3n) is 5.30. The molecule has 4 aromatic rings. The predicted molar refractivity (Wildman–Crippen MR) is 135 cm³/mol. The van der Waals surface area contributed by atoms with Gasteiger partial charge in [-0.05, 0) is 38.1 Å². The van der Waals surface area contributed by atoms with Crippen LogP contribution in [0.5, 0.6) is 5.75 Å². The highest BCUT2D eigenvalue weighted by Gasteiger charge is 2.40. The normalized spacial score (nSPS) is 12.1. The molecule has 176 valence electrons. The molecule has 0 bridgehead atoms. The lowest BCUT2D eigenvalue weighted by Crippen LogP contribution is -2.37. The fraction of sp³-hybridized carbons (Fsp3) is 0.0833. The van der Waals surface area contributed by atoms with E-state index >= 15 is 0 Å². The van der Waals surface area contributed by atoms with Gasteiger partial charge in [-0.3, -0.25) is 0 Å². The molecule has 1 N–H and O–H groups in total. The van der Waals surface area contributed by atoms with Crippen LogP contribution in [0.25, 0.3) is 10.8 Å². The van der Waals surface area contributed by atoms with Crippen molar-refractivity contribution < 1.29 is 21.9 Å². The van der Waals surface area contributed by atoms with E-state index in [9.17, 15) is 21.9 Å². The molecule has 0 fully saturated rings. The SMILES string of the molecule is Cc1ccc(S(=O)(=O)N(c2c(Cl)c(Cl)c(O)c3ccccc23)S(=O)(=O)c2ccc(C)cc2)cc1.